The van der Waals surface area contributed by atoms with E-state index in [9.17, 15) is 4.79 Å². The number of carbonyl (C=O) groups is 1. The number of hydrogen-bond donors (Lipinski definition) is 2. The van der Waals surface area contributed by atoms with E-state index in [1.807, 2.05) is 18.2 Å². The van der Waals surface area contributed by atoms with Crippen molar-refractivity contribution in [3.8, 4) is 0 Å². The smallest absolute Gasteiger partial charge is 0.337 e. The molecule has 0 spiro atoms. The van der Waals surface area contributed by atoms with Crippen molar-refractivity contribution >= 4 is 34.7 Å². The van der Waals surface area contributed by atoms with E-state index in [-0.39, 0.29) is 5.97 Å². The van der Waals surface area contributed by atoms with Crippen LogP contribution in [-0.2, 0) is 4.74 Å². The fourth-order valence-corrected chi connectivity index (χ4v) is 2.32. The molecule has 120 valence electrons. The van der Waals surface area contributed by atoms with Gasteiger partial charge >= 0.3 is 5.97 Å². The van der Waals surface area contributed by atoms with Gasteiger partial charge in [0.25, 0.3) is 0 Å². The van der Waals surface area contributed by atoms with Crippen LogP contribution < -0.4 is 10.6 Å². The first-order chi connectivity index (χ1) is 11.0. The molecule has 0 bridgehead atoms. The summed E-state index contributed by atoms with van der Waals surface area (Å²) in [5, 5.41) is 6.65. The molecule has 0 atom stereocenters. The van der Waals surface area contributed by atoms with Crippen molar-refractivity contribution in [2.75, 3.05) is 17.7 Å². The number of rotatable bonds is 4. The summed E-state index contributed by atoms with van der Waals surface area (Å²) >= 11 is 5.30. The summed E-state index contributed by atoms with van der Waals surface area (Å²) in [4.78, 5) is 11.5. The molecule has 0 radical (unpaired) electrons. The van der Waals surface area contributed by atoms with E-state index in [0.29, 0.717) is 16.6 Å². The van der Waals surface area contributed by atoms with Gasteiger partial charge in [-0.25, -0.2) is 4.79 Å². The molecule has 0 aliphatic carbocycles. The first kappa shape index (κ1) is 17.0. The van der Waals surface area contributed by atoms with Crippen LogP contribution in [0, 0.1) is 0 Å². The Labute approximate surface area is 141 Å². The van der Waals surface area contributed by atoms with Crippen molar-refractivity contribution in [2.45, 2.75) is 19.8 Å². The molecule has 0 aromatic heterocycles. The molecule has 2 N–H and O–H groups in total. The Bertz CT molecular complexity index is 696. The second-order valence-electron chi connectivity index (χ2n) is 5.43. The van der Waals surface area contributed by atoms with Crippen LogP contribution >= 0.6 is 12.2 Å². The Morgan fingerprint density at radius 3 is 2.30 bits per heavy atom. The summed E-state index contributed by atoms with van der Waals surface area (Å²) in [6.45, 7) is 4.31. The number of methoxy groups -OCH3 is 1. The zero-order valence-corrected chi connectivity index (χ0v) is 14.2. The summed E-state index contributed by atoms with van der Waals surface area (Å²) in [6, 6.07) is 15.1. The quantitative estimate of drug-likeness (QED) is 0.643. The van der Waals surface area contributed by atoms with E-state index in [1.165, 1.54) is 12.7 Å². The van der Waals surface area contributed by atoms with Crippen LogP contribution in [0.15, 0.2) is 48.5 Å². The lowest BCUT2D eigenvalue weighted by Gasteiger charge is -2.12. The highest BCUT2D eigenvalue weighted by Gasteiger charge is 2.06. The van der Waals surface area contributed by atoms with Gasteiger partial charge in [-0.3, -0.25) is 0 Å². The number of ether oxygens (including phenoxy) is 1. The lowest BCUT2D eigenvalue weighted by molar-refractivity contribution is 0.0601. The molecule has 0 heterocycles. The standard InChI is InChI=1S/C18H20N2O2S/c1-12(2)13-7-9-15(10-8-13)19-18(23)20-16-6-4-5-14(11-16)17(21)22-3/h4-12H,1-3H3,(H2,19,20,23). The third-order valence-electron chi connectivity index (χ3n) is 3.38. The Morgan fingerprint density at radius 2 is 1.70 bits per heavy atom. The van der Waals surface area contributed by atoms with Gasteiger partial charge in [0.2, 0.25) is 0 Å². The van der Waals surface area contributed by atoms with Gasteiger partial charge in [0.05, 0.1) is 12.7 Å². The Kier molecular flexibility index (Phi) is 5.71. The van der Waals surface area contributed by atoms with E-state index >= 15 is 0 Å². The average Bonchev–Trinajstić information content (AvgIpc) is 2.54. The van der Waals surface area contributed by atoms with Crippen molar-refractivity contribution in [3.05, 3.63) is 59.7 Å². The minimum atomic E-state index is -0.378. The zero-order chi connectivity index (χ0) is 16.8. The number of esters is 1. The summed E-state index contributed by atoms with van der Waals surface area (Å²) in [6.07, 6.45) is 0. The van der Waals surface area contributed by atoms with Crippen LogP contribution in [0.5, 0.6) is 0 Å². The van der Waals surface area contributed by atoms with Crippen LogP contribution in [0.4, 0.5) is 11.4 Å². The van der Waals surface area contributed by atoms with Crippen LogP contribution in [0.1, 0.15) is 35.7 Å². The predicted octanol–water partition coefficient (Wildman–Crippen LogP) is 4.41. The second kappa shape index (κ2) is 7.74. The molecule has 4 nitrogen and oxygen atoms in total. The molecule has 2 aromatic rings. The van der Waals surface area contributed by atoms with Gasteiger partial charge in [0.1, 0.15) is 0 Å². The summed E-state index contributed by atoms with van der Waals surface area (Å²) in [7, 11) is 1.36. The van der Waals surface area contributed by atoms with Crippen molar-refractivity contribution in [1.82, 2.24) is 0 Å². The summed E-state index contributed by atoms with van der Waals surface area (Å²) in [5.41, 5.74) is 3.39. The third kappa shape index (κ3) is 4.79. The van der Waals surface area contributed by atoms with Crippen molar-refractivity contribution in [2.24, 2.45) is 0 Å². The maximum absolute atomic E-state index is 11.5. The SMILES string of the molecule is COC(=O)c1cccc(NC(=S)Nc2ccc(C(C)C)cc2)c1. The number of nitrogens with one attached hydrogen (secondary N) is 2. The fourth-order valence-electron chi connectivity index (χ4n) is 2.09. The van der Waals surface area contributed by atoms with Gasteiger partial charge in [0, 0.05) is 11.4 Å². The highest BCUT2D eigenvalue weighted by molar-refractivity contribution is 7.80. The third-order valence-corrected chi connectivity index (χ3v) is 3.58. The maximum atomic E-state index is 11.5. The van der Waals surface area contributed by atoms with Gasteiger partial charge in [-0.2, -0.15) is 0 Å². The summed E-state index contributed by atoms with van der Waals surface area (Å²) in [5.74, 6) is 0.118. The van der Waals surface area contributed by atoms with E-state index in [2.05, 4.69) is 36.6 Å². The summed E-state index contributed by atoms with van der Waals surface area (Å²) < 4.78 is 4.71. The van der Waals surface area contributed by atoms with E-state index < -0.39 is 0 Å². The predicted molar refractivity (Wildman–Crippen MR) is 98.2 cm³/mol. The first-order valence-corrected chi connectivity index (χ1v) is 7.76. The molecule has 0 saturated heterocycles. The lowest BCUT2D eigenvalue weighted by Crippen LogP contribution is -2.19. The Balaban J connectivity index is 2.00. The highest BCUT2D eigenvalue weighted by atomic mass is 32.1. The molecule has 0 saturated carbocycles. The molecule has 0 aliphatic rings. The maximum Gasteiger partial charge on any atom is 0.337 e. The molecule has 2 rings (SSSR count). The Morgan fingerprint density at radius 1 is 1.04 bits per heavy atom. The van der Waals surface area contributed by atoms with Crippen LogP contribution in [0.2, 0.25) is 0 Å². The Hall–Kier alpha value is -2.40. The largest absolute Gasteiger partial charge is 0.465 e. The van der Waals surface area contributed by atoms with Crippen LogP contribution in [0.3, 0.4) is 0 Å². The minimum absolute atomic E-state index is 0.378. The highest BCUT2D eigenvalue weighted by Crippen LogP contribution is 2.18. The fraction of sp³-hybridized carbons (Fsp3) is 0.222. The average molecular weight is 328 g/mol. The topological polar surface area (TPSA) is 50.4 Å². The minimum Gasteiger partial charge on any atom is -0.465 e. The molecular formula is C18H20N2O2S. The normalized spacial score (nSPS) is 10.3. The number of benzene rings is 2. The molecule has 0 aliphatic heterocycles. The van der Waals surface area contributed by atoms with Crippen LogP contribution in [-0.4, -0.2) is 18.2 Å². The number of carbonyl (C=O) groups excluding carboxylic acids is 1. The zero-order valence-electron chi connectivity index (χ0n) is 13.4. The molecule has 0 fully saturated rings. The van der Waals surface area contributed by atoms with Gasteiger partial charge in [-0.05, 0) is 54.0 Å². The second-order valence-corrected chi connectivity index (χ2v) is 5.84. The molecule has 0 amide bonds. The molecule has 23 heavy (non-hydrogen) atoms. The van der Waals surface area contributed by atoms with E-state index in [1.54, 1.807) is 18.2 Å². The van der Waals surface area contributed by atoms with Crippen molar-refractivity contribution in [3.63, 3.8) is 0 Å². The molecule has 0 unspecified atom stereocenters. The molecular weight excluding hydrogens is 308 g/mol. The number of hydrogen-bond acceptors (Lipinski definition) is 3. The van der Waals surface area contributed by atoms with Crippen LogP contribution in [0.25, 0.3) is 0 Å². The molecule has 5 heteroatoms. The van der Waals surface area contributed by atoms with E-state index in [0.717, 1.165) is 11.4 Å². The van der Waals surface area contributed by atoms with Gasteiger partial charge in [-0.1, -0.05) is 32.0 Å². The van der Waals surface area contributed by atoms with Crippen molar-refractivity contribution in [1.29, 1.82) is 0 Å². The van der Waals surface area contributed by atoms with Crippen molar-refractivity contribution < 1.29 is 9.53 Å². The van der Waals surface area contributed by atoms with Gasteiger partial charge in [-0.15, -0.1) is 0 Å². The monoisotopic (exact) mass is 328 g/mol. The van der Waals surface area contributed by atoms with E-state index in [4.69, 9.17) is 17.0 Å². The number of thiocarbonyl (C=S) groups is 1. The number of anilines is 2. The first-order valence-electron chi connectivity index (χ1n) is 7.36. The molecule has 2 aromatic carbocycles. The van der Waals surface area contributed by atoms with Gasteiger partial charge < -0.3 is 15.4 Å². The lowest BCUT2D eigenvalue weighted by atomic mass is 10.0. The van der Waals surface area contributed by atoms with Gasteiger partial charge in [0.15, 0.2) is 5.11 Å².